The number of halogens is 3. The molecule has 0 fully saturated rings. The molecule has 25 heavy (non-hydrogen) atoms. The van der Waals surface area contributed by atoms with Crippen molar-refractivity contribution in [3.05, 3.63) is 41.7 Å². The van der Waals surface area contributed by atoms with Gasteiger partial charge in [-0.05, 0) is 24.2 Å². The molecule has 1 aromatic heterocycles. The summed E-state index contributed by atoms with van der Waals surface area (Å²) < 4.78 is 52.7. The van der Waals surface area contributed by atoms with Crippen LogP contribution in [-0.4, -0.2) is 30.2 Å². The van der Waals surface area contributed by atoms with Crippen molar-refractivity contribution in [2.24, 2.45) is 0 Å². The fraction of sp³-hybridized carbons (Fsp3) is 0.267. The van der Waals surface area contributed by atoms with E-state index >= 15 is 0 Å². The number of anilines is 1. The number of aromatic nitrogens is 1. The minimum Gasteiger partial charge on any atom is -0.463 e. The largest absolute Gasteiger partial charge is 0.463 e. The van der Waals surface area contributed by atoms with Gasteiger partial charge in [-0.15, -0.1) is 0 Å². The first kappa shape index (κ1) is 18.3. The highest BCUT2D eigenvalue weighted by Crippen LogP contribution is 2.34. The van der Waals surface area contributed by atoms with E-state index in [1.807, 2.05) is 5.32 Å². The summed E-state index contributed by atoms with van der Waals surface area (Å²) in [5.41, 5.74) is -1.43. The van der Waals surface area contributed by atoms with Crippen molar-refractivity contribution in [3.8, 4) is 5.88 Å². The van der Waals surface area contributed by atoms with Crippen molar-refractivity contribution in [2.75, 3.05) is 18.5 Å². The van der Waals surface area contributed by atoms with E-state index in [1.165, 1.54) is 18.2 Å². The van der Waals surface area contributed by atoms with Gasteiger partial charge in [0.2, 0.25) is 0 Å². The fourth-order valence-corrected chi connectivity index (χ4v) is 1.76. The second-order valence-corrected chi connectivity index (χ2v) is 4.82. The van der Waals surface area contributed by atoms with Crippen LogP contribution in [0.5, 0.6) is 5.88 Å². The molecule has 1 aromatic carbocycles. The second kappa shape index (κ2) is 7.69. The Morgan fingerprint density at radius 2 is 1.96 bits per heavy atom. The van der Waals surface area contributed by atoms with E-state index in [9.17, 15) is 22.8 Å². The summed E-state index contributed by atoms with van der Waals surface area (Å²) in [6.07, 6.45) is -4.62. The second-order valence-electron chi connectivity index (χ2n) is 4.82. The van der Waals surface area contributed by atoms with E-state index in [0.717, 1.165) is 12.1 Å². The Kier molecular flexibility index (Phi) is 5.63. The Bertz CT molecular complexity index is 758. The van der Waals surface area contributed by atoms with E-state index in [1.54, 1.807) is 6.92 Å². The van der Waals surface area contributed by atoms with Crippen molar-refractivity contribution in [2.45, 2.75) is 13.1 Å². The quantitative estimate of drug-likeness (QED) is 0.798. The molecule has 10 heteroatoms. The maximum absolute atomic E-state index is 12.8. The lowest BCUT2D eigenvalue weighted by Crippen LogP contribution is -2.24. The van der Waals surface area contributed by atoms with Crippen LogP contribution in [0.25, 0.3) is 0 Å². The smallest absolute Gasteiger partial charge is 0.418 e. The van der Waals surface area contributed by atoms with Crippen LogP contribution in [0.2, 0.25) is 0 Å². The average molecular weight is 358 g/mol. The van der Waals surface area contributed by atoms with Crippen LogP contribution in [0.1, 0.15) is 11.3 Å². The molecule has 0 aliphatic carbocycles. The Balaban J connectivity index is 1.82. The number of ether oxygens (including phenoxy) is 2. The topological polar surface area (TPSA) is 90.7 Å². The zero-order valence-corrected chi connectivity index (χ0v) is 12.9. The molecule has 0 saturated carbocycles. The van der Waals surface area contributed by atoms with Crippen LogP contribution in [0.15, 0.2) is 34.9 Å². The predicted octanol–water partition coefficient (Wildman–Crippen LogP) is 2.56. The van der Waals surface area contributed by atoms with Crippen molar-refractivity contribution in [1.29, 1.82) is 0 Å². The molecular formula is C15H13F3N2O5. The first-order chi connectivity index (χ1) is 11.8. The van der Waals surface area contributed by atoms with E-state index in [0.29, 0.717) is 5.76 Å². The molecule has 7 nitrogen and oxygen atoms in total. The van der Waals surface area contributed by atoms with E-state index in [2.05, 4.69) is 9.89 Å². The molecule has 1 N–H and O–H groups in total. The van der Waals surface area contributed by atoms with E-state index in [-0.39, 0.29) is 5.88 Å². The van der Waals surface area contributed by atoms with Crippen LogP contribution in [0.4, 0.5) is 18.9 Å². The van der Waals surface area contributed by atoms with Gasteiger partial charge in [0.25, 0.3) is 11.8 Å². The SMILES string of the molecule is Cc1cc(OCC(=O)OCC(=O)Nc2ccccc2C(F)(F)F)no1. The zero-order chi connectivity index (χ0) is 18.4. The van der Waals surface area contributed by atoms with Gasteiger partial charge >= 0.3 is 12.1 Å². The maximum Gasteiger partial charge on any atom is 0.418 e. The van der Waals surface area contributed by atoms with Crippen LogP contribution in [-0.2, 0) is 20.5 Å². The lowest BCUT2D eigenvalue weighted by Gasteiger charge is -2.13. The number of aryl methyl sites for hydroxylation is 1. The molecule has 1 amide bonds. The van der Waals surface area contributed by atoms with Crippen molar-refractivity contribution < 1.29 is 36.8 Å². The van der Waals surface area contributed by atoms with Gasteiger partial charge in [-0.3, -0.25) is 4.79 Å². The van der Waals surface area contributed by atoms with Crippen LogP contribution in [0, 0.1) is 6.92 Å². The summed E-state index contributed by atoms with van der Waals surface area (Å²) in [5, 5.41) is 5.53. The number of hydrogen-bond donors (Lipinski definition) is 1. The molecule has 0 radical (unpaired) electrons. The Morgan fingerprint density at radius 3 is 2.60 bits per heavy atom. The Morgan fingerprint density at radius 1 is 1.24 bits per heavy atom. The number of nitrogens with zero attached hydrogens (tertiary/aromatic N) is 1. The molecule has 0 bridgehead atoms. The Labute approximate surface area is 139 Å². The van der Waals surface area contributed by atoms with Crippen molar-refractivity contribution in [3.63, 3.8) is 0 Å². The van der Waals surface area contributed by atoms with Gasteiger partial charge in [0, 0.05) is 6.07 Å². The first-order valence-electron chi connectivity index (χ1n) is 6.93. The summed E-state index contributed by atoms with van der Waals surface area (Å²) in [6.45, 7) is 0.339. The van der Waals surface area contributed by atoms with Gasteiger partial charge in [0.05, 0.1) is 11.3 Å². The van der Waals surface area contributed by atoms with E-state index in [4.69, 9.17) is 9.26 Å². The highest BCUT2D eigenvalue weighted by Gasteiger charge is 2.33. The number of esters is 1. The highest BCUT2D eigenvalue weighted by atomic mass is 19.4. The summed E-state index contributed by atoms with van der Waals surface area (Å²) in [7, 11) is 0. The van der Waals surface area contributed by atoms with Gasteiger partial charge in [-0.1, -0.05) is 12.1 Å². The zero-order valence-electron chi connectivity index (χ0n) is 12.9. The number of carbonyl (C=O) groups excluding carboxylic acids is 2. The monoisotopic (exact) mass is 358 g/mol. The normalized spacial score (nSPS) is 11.0. The third-order valence-corrected chi connectivity index (χ3v) is 2.82. The summed E-state index contributed by atoms with van der Waals surface area (Å²) in [4.78, 5) is 23.1. The first-order valence-corrected chi connectivity index (χ1v) is 6.93. The molecule has 0 aliphatic heterocycles. The van der Waals surface area contributed by atoms with Crippen LogP contribution in [0.3, 0.4) is 0 Å². The molecule has 0 unspecified atom stereocenters. The molecular weight excluding hydrogens is 345 g/mol. The molecule has 0 atom stereocenters. The number of nitrogens with one attached hydrogen (secondary N) is 1. The number of benzene rings is 1. The molecule has 2 rings (SSSR count). The number of carbonyl (C=O) groups is 2. The number of para-hydroxylation sites is 1. The average Bonchev–Trinajstić information content (AvgIpc) is 2.96. The van der Waals surface area contributed by atoms with Crippen LogP contribution >= 0.6 is 0 Å². The number of hydrogen-bond acceptors (Lipinski definition) is 6. The van der Waals surface area contributed by atoms with Crippen molar-refractivity contribution >= 4 is 17.6 Å². The summed E-state index contributed by atoms with van der Waals surface area (Å²) in [5.74, 6) is -1.26. The van der Waals surface area contributed by atoms with Gasteiger partial charge in [-0.25, -0.2) is 4.79 Å². The minimum atomic E-state index is -4.62. The third kappa shape index (κ3) is 5.52. The fourth-order valence-electron chi connectivity index (χ4n) is 1.76. The van der Waals surface area contributed by atoms with Gasteiger partial charge in [0.15, 0.2) is 13.2 Å². The molecule has 134 valence electrons. The number of alkyl halides is 3. The molecule has 0 aliphatic rings. The number of rotatable bonds is 6. The predicted molar refractivity (Wildman–Crippen MR) is 77.8 cm³/mol. The van der Waals surface area contributed by atoms with Crippen LogP contribution < -0.4 is 10.1 Å². The highest BCUT2D eigenvalue weighted by molar-refractivity contribution is 5.93. The molecule has 2 aromatic rings. The summed E-state index contributed by atoms with van der Waals surface area (Å²) in [6, 6.07) is 5.90. The molecule has 0 saturated heterocycles. The number of amides is 1. The third-order valence-electron chi connectivity index (χ3n) is 2.82. The lowest BCUT2D eigenvalue weighted by molar-refractivity contribution is -0.149. The minimum absolute atomic E-state index is 0.0676. The maximum atomic E-state index is 12.8. The lowest BCUT2D eigenvalue weighted by atomic mass is 10.1. The van der Waals surface area contributed by atoms with Gasteiger partial charge in [-0.2, -0.15) is 13.2 Å². The van der Waals surface area contributed by atoms with Crippen molar-refractivity contribution in [1.82, 2.24) is 5.16 Å². The Hall–Kier alpha value is -3.04. The molecule has 1 heterocycles. The molecule has 0 spiro atoms. The van der Waals surface area contributed by atoms with Gasteiger partial charge in [0.1, 0.15) is 5.76 Å². The van der Waals surface area contributed by atoms with Gasteiger partial charge < -0.3 is 19.3 Å². The van der Waals surface area contributed by atoms with E-state index < -0.39 is 42.5 Å². The summed E-state index contributed by atoms with van der Waals surface area (Å²) >= 11 is 0. The standard InChI is InChI=1S/C15H13F3N2O5/c1-9-6-13(20-25-9)23-8-14(22)24-7-12(21)19-11-5-3-2-4-10(11)15(16,17)18/h2-6H,7-8H2,1H3,(H,19,21).